The van der Waals surface area contributed by atoms with Gasteiger partial charge in [0.2, 0.25) is 0 Å². The lowest BCUT2D eigenvalue weighted by Gasteiger charge is -2.05. The zero-order valence-electron chi connectivity index (χ0n) is 10.6. The molecule has 0 saturated carbocycles. The lowest BCUT2D eigenvalue weighted by Crippen LogP contribution is -2.10. The van der Waals surface area contributed by atoms with E-state index in [0.29, 0.717) is 22.4 Å². The number of hydrogen-bond acceptors (Lipinski definition) is 3. The lowest BCUT2D eigenvalue weighted by molar-refractivity contribution is 0.310. The number of rotatable bonds is 6. The van der Waals surface area contributed by atoms with Crippen molar-refractivity contribution in [3.8, 4) is 5.75 Å². The first-order chi connectivity index (χ1) is 9.17. The number of benzene rings is 1. The predicted molar refractivity (Wildman–Crippen MR) is 82.5 cm³/mol. The first-order valence-corrected chi connectivity index (χ1v) is 7.62. The molecule has 2 aromatic rings. The highest BCUT2D eigenvalue weighted by molar-refractivity contribution is 7.11. The van der Waals surface area contributed by atoms with E-state index in [0.717, 1.165) is 13.1 Å². The van der Waals surface area contributed by atoms with E-state index in [1.54, 1.807) is 29.5 Å². The van der Waals surface area contributed by atoms with Crippen LogP contribution < -0.4 is 10.1 Å². The number of ether oxygens (including phenoxy) is 1. The van der Waals surface area contributed by atoms with Crippen LogP contribution in [0.3, 0.4) is 0 Å². The van der Waals surface area contributed by atoms with Gasteiger partial charge in [0.05, 0.1) is 0 Å². The van der Waals surface area contributed by atoms with E-state index >= 15 is 0 Å². The fourth-order valence-electron chi connectivity index (χ4n) is 1.61. The largest absolute Gasteiger partial charge is 0.488 e. The topological polar surface area (TPSA) is 21.3 Å². The summed E-state index contributed by atoms with van der Waals surface area (Å²) >= 11 is 13.6. The number of nitrogens with one attached hydrogen (secondary N) is 1. The molecule has 2 nitrogen and oxygen atoms in total. The second kappa shape index (κ2) is 7.15. The van der Waals surface area contributed by atoms with Gasteiger partial charge in [-0.1, -0.05) is 30.1 Å². The third kappa shape index (κ3) is 4.69. The Balaban J connectivity index is 1.92. The standard InChI is InChI=1S/C14H15Cl2NOS/c1-2-17-8-13-3-4-14(19-13)9-18-12-6-10(15)5-11(16)7-12/h3-7,17H,2,8-9H2,1H3. The fraction of sp³-hybridized carbons (Fsp3) is 0.286. The Kier molecular flexibility index (Phi) is 5.52. The van der Waals surface area contributed by atoms with Crippen molar-refractivity contribution in [3.05, 3.63) is 50.1 Å². The smallest absolute Gasteiger partial charge is 0.122 e. The van der Waals surface area contributed by atoms with Crippen LogP contribution in [0.4, 0.5) is 0 Å². The van der Waals surface area contributed by atoms with Gasteiger partial charge in [0.25, 0.3) is 0 Å². The number of thiophene rings is 1. The van der Waals surface area contributed by atoms with Crippen LogP contribution in [0.5, 0.6) is 5.75 Å². The molecule has 0 bridgehead atoms. The van der Waals surface area contributed by atoms with Crippen molar-refractivity contribution in [1.82, 2.24) is 5.32 Å². The first-order valence-electron chi connectivity index (χ1n) is 6.04. The SMILES string of the molecule is CCNCc1ccc(COc2cc(Cl)cc(Cl)c2)s1. The van der Waals surface area contributed by atoms with Crippen LogP contribution in [0.25, 0.3) is 0 Å². The van der Waals surface area contributed by atoms with E-state index in [2.05, 4.69) is 24.4 Å². The maximum Gasteiger partial charge on any atom is 0.122 e. The maximum atomic E-state index is 5.92. The van der Waals surface area contributed by atoms with E-state index in [1.807, 2.05) is 0 Å². The molecule has 0 unspecified atom stereocenters. The first kappa shape index (κ1) is 14.7. The third-order valence-corrected chi connectivity index (χ3v) is 3.98. The monoisotopic (exact) mass is 315 g/mol. The molecule has 0 aliphatic carbocycles. The van der Waals surface area contributed by atoms with Gasteiger partial charge in [-0.15, -0.1) is 11.3 Å². The molecule has 102 valence electrons. The van der Waals surface area contributed by atoms with Crippen LogP contribution in [-0.2, 0) is 13.2 Å². The quantitative estimate of drug-likeness (QED) is 0.831. The Bertz CT molecular complexity index is 522. The number of hydrogen-bond donors (Lipinski definition) is 1. The Morgan fingerprint density at radius 2 is 1.79 bits per heavy atom. The molecule has 19 heavy (non-hydrogen) atoms. The fourth-order valence-corrected chi connectivity index (χ4v) is 3.02. The van der Waals surface area contributed by atoms with Gasteiger partial charge < -0.3 is 10.1 Å². The van der Waals surface area contributed by atoms with Crippen LogP contribution in [0.2, 0.25) is 10.0 Å². The van der Waals surface area contributed by atoms with Crippen molar-refractivity contribution in [2.45, 2.75) is 20.1 Å². The molecule has 0 atom stereocenters. The van der Waals surface area contributed by atoms with Crippen molar-refractivity contribution < 1.29 is 4.74 Å². The molecule has 1 heterocycles. The van der Waals surface area contributed by atoms with E-state index in [1.165, 1.54) is 9.75 Å². The third-order valence-electron chi connectivity index (χ3n) is 2.48. The summed E-state index contributed by atoms with van der Waals surface area (Å²) in [5.74, 6) is 0.694. The van der Waals surface area contributed by atoms with Gasteiger partial charge in [-0.05, 0) is 36.9 Å². The Morgan fingerprint density at radius 1 is 1.11 bits per heavy atom. The molecular weight excluding hydrogens is 301 g/mol. The van der Waals surface area contributed by atoms with Crippen LogP contribution in [0.15, 0.2) is 30.3 Å². The van der Waals surface area contributed by atoms with E-state index in [-0.39, 0.29) is 0 Å². The minimum absolute atomic E-state index is 0.535. The molecule has 1 aromatic carbocycles. The van der Waals surface area contributed by atoms with Crippen molar-refractivity contribution in [3.63, 3.8) is 0 Å². The summed E-state index contributed by atoms with van der Waals surface area (Å²) in [5.41, 5.74) is 0. The Labute approximate surface area is 127 Å². The predicted octanol–water partition coefficient (Wildman–Crippen LogP) is 4.74. The van der Waals surface area contributed by atoms with Crippen molar-refractivity contribution >= 4 is 34.5 Å². The summed E-state index contributed by atoms with van der Waals surface area (Å²) in [5, 5.41) is 4.47. The van der Waals surface area contributed by atoms with Crippen molar-refractivity contribution in [2.75, 3.05) is 6.54 Å². The molecule has 5 heteroatoms. The molecule has 0 radical (unpaired) electrons. The van der Waals surface area contributed by atoms with Gasteiger partial charge >= 0.3 is 0 Å². The molecule has 0 saturated heterocycles. The maximum absolute atomic E-state index is 5.92. The molecule has 1 N–H and O–H groups in total. The molecule has 0 fully saturated rings. The molecule has 2 rings (SSSR count). The highest BCUT2D eigenvalue weighted by Gasteiger charge is 2.03. The minimum Gasteiger partial charge on any atom is -0.488 e. The van der Waals surface area contributed by atoms with E-state index < -0.39 is 0 Å². The highest BCUT2D eigenvalue weighted by atomic mass is 35.5. The Hall–Kier alpha value is -0.740. The average molecular weight is 316 g/mol. The van der Waals surface area contributed by atoms with Crippen LogP contribution in [0.1, 0.15) is 16.7 Å². The molecule has 1 aromatic heterocycles. The molecule has 0 spiro atoms. The summed E-state index contributed by atoms with van der Waals surface area (Å²) in [4.78, 5) is 2.49. The van der Waals surface area contributed by atoms with Gasteiger partial charge in [-0.25, -0.2) is 0 Å². The van der Waals surface area contributed by atoms with E-state index in [4.69, 9.17) is 27.9 Å². The summed E-state index contributed by atoms with van der Waals surface area (Å²) in [6, 6.07) is 9.43. The summed E-state index contributed by atoms with van der Waals surface area (Å²) in [7, 11) is 0. The minimum atomic E-state index is 0.535. The normalized spacial score (nSPS) is 10.7. The van der Waals surface area contributed by atoms with E-state index in [9.17, 15) is 0 Å². The lowest BCUT2D eigenvalue weighted by atomic mass is 10.3. The summed E-state index contributed by atoms with van der Waals surface area (Å²) in [6.45, 7) is 4.52. The Morgan fingerprint density at radius 3 is 2.47 bits per heavy atom. The van der Waals surface area contributed by atoms with Crippen molar-refractivity contribution in [2.24, 2.45) is 0 Å². The summed E-state index contributed by atoms with van der Waals surface area (Å²) < 4.78 is 5.69. The van der Waals surface area contributed by atoms with Gasteiger partial charge in [0.1, 0.15) is 12.4 Å². The second-order valence-corrected chi connectivity index (χ2v) is 6.17. The van der Waals surface area contributed by atoms with Gasteiger partial charge in [0, 0.05) is 26.3 Å². The molecule has 0 amide bonds. The average Bonchev–Trinajstić information content (AvgIpc) is 2.81. The highest BCUT2D eigenvalue weighted by Crippen LogP contribution is 2.25. The van der Waals surface area contributed by atoms with Crippen LogP contribution in [-0.4, -0.2) is 6.54 Å². The summed E-state index contributed by atoms with van der Waals surface area (Å²) in [6.07, 6.45) is 0. The van der Waals surface area contributed by atoms with Gasteiger partial charge in [-0.2, -0.15) is 0 Å². The van der Waals surface area contributed by atoms with Crippen LogP contribution in [0, 0.1) is 0 Å². The van der Waals surface area contributed by atoms with Gasteiger partial charge in [-0.3, -0.25) is 0 Å². The van der Waals surface area contributed by atoms with Crippen LogP contribution >= 0.6 is 34.5 Å². The number of halogens is 2. The molecular formula is C14H15Cl2NOS. The van der Waals surface area contributed by atoms with Crippen molar-refractivity contribution in [1.29, 1.82) is 0 Å². The van der Waals surface area contributed by atoms with Gasteiger partial charge in [0.15, 0.2) is 0 Å². The molecule has 0 aliphatic heterocycles. The second-order valence-electron chi connectivity index (χ2n) is 4.04. The molecule has 0 aliphatic rings. The zero-order valence-corrected chi connectivity index (χ0v) is 12.9. The zero-order chi connectivity index (χ0) is 13.7.